The Morgan fingerprint density at radius 1 is 1.47 bits per heavy atom. The molecule has 5 heteroatoms. The fourth-order valence-electron chi connectivity index (χ4n) is 2.20. The van der Waals surface area contributed by atoms with Crippen molar-refractivity contribution in [2.24, 2.45) is 5.73 Å². The van der Waals surface area contributed by atoms with Gasteiger partial charge in [-0.15, -0.1) is 11.3 Å². The Balaban J connectivity index is 1.81. The van der Waals surface area contributed by atoms with Crippen LogP contribution in [0.4, 0.5) is 4.79 Å². The van der Waals surface area contributed by atoms with Gasteiger partial charge >= 0.3 is 6.03 Å². The van der Waals surface area contributed by atoms with Crippen molar-refractivity contribution in [3.05, 3.63) is 21.9 Å². The molecular weight excluding hydrogens is 258 g/mol. The first-order valence-electron chi connectivity index (χ1n) is 6.59. The van der Waals surface area contributed by atoms with Crippen LogP contribution in [0.1, 0.15) is 36.1 Å². The molecule has 2 rings (SSSR count). The second-order valence-corrected chi connectivity index (χ2v) is 5.57. The van der Waals surface area contributed by atoms with Crippen molar-refractivity contribution in [3.63, 3.8) is 0 Å². The first kappa shape index (κ1) is 13.9. The number of carbonyl (C=O) groups excluding carboxylic acids is 1. The summed E-state index contributed by atoms with van der Waals surface area (Å²) in [5.41, 5.74) is 6.31. The molecule has 1 aromatic heterocycles. The van der Waals surface area contributed by atoms with E-state index in [1.165, 1.54) is 12.8 Å². The molecule has 19 heavy (non-hydrogen) atoms. The quantitative estimate of drug-likeness (QED) is 0.738. The van der Waals surface area contributed by atoms with Gasteiger partial charge < -0.3 is 16.4 Å². The van der Waals surface area contributed by atoms with Crippen molar-refractivity contribution in [2.45, 2.75) is 38.3 Å². The predicted molar refractivity (Wildman–Crippen MR) is 77.9 cm³/mol. The molecule has 2 amide bonds. The Bertz CT molecular complexity index is 480. The lowest BCUT2D eigenvalue weighted by Crippen LogP contribution is -2.40. The highest BCUT2D eigenvalue weighted by Crippen LogP contribution is 2.18. The van der Waals surface area contributed by atoms with Crippen LogP contribution in [0.25, 0.3) is 0 Å². The Labute approximate surface area is 117 Å². The standard InChI is InChI=1S/C14H19N3OS/c15-8-3-4-11-7-9-19-13(11)10-16-14(18)17-12-5-1-2-6-12/h7,9,12H,1-2,5-6,8,10,15H2,(H2,16,17,18). The van der Waals surface area contributed by atoms with E-state index >= 15 is 0 Å². The minimum atomic E-state index is -0.0852. The summed E-state index contributed by atoms with van der Waals surface area (Å²) in [4.78, 5) is 12.8. The van der Waals surface area contributed by atoms with Gasteiger partial charge in [0.1, 0.15) is 0 Å². The summed E-state index contributed by atoms with van der Waals surface area (Å²) in [6.45, 7) is 0.871. The third-order valence-corrected chi connectivity index (χ3v) is 4.09. The molecule has 0 bridgehead atoms. The van der Waals surface area contributed by atoms with Gasteiger partial charge in [-0.3, -0.25) is 0 Å². The van der Waals surface area contributed by atoms with Crippen LogP contribution in [0.3, 0.4) is 0 Å². The molecule has 1 aliphatic carbocycles. The van der Waals surface area contributed by atoms with Crippen molar-refractivity contribution in [2.75, 3.05) is 6.54 Å². The van der Waals surface area contributed by atoms with E-state index in [4.69, 9.17) is 5.73 Å². The third kappa shape index (κ3) is 4.27. The Hall–Kier alpha value is -1.51. The molecule has 0 radical (unpaired) electrons. The lowest BCUT2D eigenvalue weighted by molar-refractivity contribution is 0.237. The molecule has 0 aliphatic heterocycles. The smallest absolute Gasteiger partial charge is 0.315 e. The minimum Gasteiger partial charge on any atom is -0.335 e. The average Bonchev–Trinajstić information content (AvgIpc) is 3.05. The first-order chi connectivity index (χ1) is 9.29. The lowest BCUT2D eigenvalue weighted by atomic mass is 10.2. The average molecular weight is 277 g/mol. The zero-order valence-electron chi connectivity index (χ0n) is 10.9. The highest BCUT2D eigenvalue weighted by atomic mass is 32.1. The van der Waals surface area contributed by atoms with Crippen LogP contribution in [0, 0.1) is 11.8 Å². The fourth-order valence-corrected chi connectivity index (χ4v) is 2.97. The Morgan fingerprint density at radius 2 is 2.26 bits per heavy atom. The van der Waals surface area contributed by atoms with Crippen LogP contribution in [0.15, 0.2) is 11.4 Å². The van der Waals surface area contributed by atoms with E-state index in [0.717, 1.165) is 23.3 Å². The molecule has 102 valence electrons. The van der Waals surface area contributed by atoms with Crippen LogP contribution < -0.4 is 16.4 Å². The SMILES string of the molecule is NCC#Cc1ccsc1CNC(=O)NC1CCCC1. The molecule has 1 saturated carbocycles. The van der Waals surface area contributed by atoms with Gasteiger partial charge in [0.25, 0.3) is 0 Å². The van der Waals surface area contributed by atoms with Crippen molar-refractivity contribution < 1.29 is 4.79 Å². The van der Waals surface area contributed by atoms with Crippen molar-refractivity contribution in [3.8, 4) is 11.8 Å². The number of urea groups is 1. The zero-order valence-corrected chi connectivity index (χ0v) is 11.7. The normalized spacial score (nSPS) is 14.8. The van der Waals surface area contributed by atoms with Gasteiger partial charge in [-0.1, -0.05) is 24.7 Å². The summed E-state index contributed by atoms with van der Waals surface area (Å²) in [5, 5.41) is 7.87. The van der Waals surface area contributed by atoms with E-state index in [1.54, 1.807) is 11.3 Å². The first-order valence-corrected chi connectivity index (χ1v) is 7.47. The second kappa shape index (κ2) is 7.17. The van der Waals surface area contributed by atoms with E-state index in [9.17, 15) is 4.79 Å². The topological polar surface area (TPSA) is 67.1 Å². The number of carbonyl (C=O) groups is 1. The number of nitrogens with one attached hydrogen (secondary N) is 2. The van der Waals surface area contributed by atoms with Gasteiger partial charge in [-0.2, -0.15) is 0 Å². The summed E-state index contributed by atoms with van der Waals surface area (Å²) in [6.07, 6.45) is 4.63. The van der Waals surface area contributed by atoms with Gasteiger partial charge in [0, 0.05) is 16.5 Å². The number of rotatable bonds is 3. The molecule has 1 heterocycles. The van der Waals surface area contributed by atoms with E-state index in [0.29, 0.717) is 19.1 Å². The second-order valence-electron chi connectivity index (χ2n) is 4.57. The zero-order chi connectivity index (χ0) is 13.5. The van der Waals surface area contributed by atoms with Crippen LogP contribution >= 0.6 is 11.3 Å². The van der Waals surface area contributed by atoms with Gasteiger partial charge in [-0.05, 0) is 24.3 Å². The third-order valence-electron chi connectivity index (χ3n) is 3.17. The summed E-state index contributed by atoms with van der Waals surface area (Å²) in [6, 6.07) is 2.22. The van der Waals surface area contributed by atoms with Gasteiger partial charge in [-0.25, -0.2) is 4.79 Å². The molecule has 0 spiro atoms. The molecule has 1 aromatic rings. The molecule has 1 aliphatic rings. The van der Waals surface area contributed by atoms with Crippen LogP contribution in [0.5, 0.6) is 0 Å². The maximum absolute atomic E-state index is 11.7. The van der Waals surface area contributed by atoms with Crippen molar-refractivity contribution in [1.82, 2.24) is 10.6 Å². The predicted octanol–water partition coefficient (Wildman–Crippen LogP) is 1.80. The number of nitrogens with two attached hydrogens (primary N) is 1. The molecule has 0 atom stereocenters. The van der Waals surface area contributed by atoms with Gasteiger partial charge in [0.05, 0.1) is 13.1 Å². The minimum absolute atomic E-state index is 0.0852. The highest BCUT2D eigenvalue weighted by molar-refractivity contribution is 7.10. The number of hydrogen-bond donors (Lipinski definition) is 3. The molecule has 0 aromatic carbocycles. The summed E-state index contributed by atoms with van der Waals surface area (Å²) < 4.78 is 0. The van der Waals surface area contributed by atoms with Crippen LogP contribution in [-0.4, -0.2) is 18.6 Å². The maximum atomic E-state index is 11.7. The number of thiophene rings is 1. The van der Waals surface area contributed by atoms with Gasteiger partial charge in [0.15, 0.2) is 0 Å². The number of amides is 2. The number of hydrogen-bond acceptors (Lipinski definition) is 3. The molecule has 1 fully saturated rings. The van der Waals surface area contributed by atoms with Crippen LogP contribution in [-0.2, 0) is 6.54 Å². The van der Waals surface area contributed by atoms with E-state index < -0.39 is 0 Å². The summed E-state index contributed by atoms with van der Waals surface area (Å²) in [7, 11) is 0. The lowest BCUT2D eigenvalue weighted by Gasteiger charge is -2.12. The van der Waals surface area contributed by atoms with Crippen molar-refractivity contribution in [1.29, 1.82) is 0 Å². The Morgan fingerprint density at radius 3 is 3.00 bits per heavy atom. The van der Waals surface area contributed by atoms with Crippen molar-refractivity contribution >= 4 is 17.4 Å². The maximum Gasteiger partial charge on any atom is 0.315 e. The fraction of sp³-hybridized carbons (Fsp3) is 0.500. The molecule has 4 nitrogen and oxygen atoms in total. The van der Waals surface area contributed by atoms with Crippen LogP contribution in [0.2, 0.25) is 0 Å². The molecule has 0 saturated heterocycles. The highest BCUT2D eigenvalue weighted by Gasteiger charge is 2.16. The molecule has 4 N–H and O–H groups in total. The largest absolute Gasteiger partial charge is 0.335 e. The Kier molecular flexibility index (Phi) is 5.25. The summed E-state index contributed by atoms with van der Waals surface area (Å²) >= 11 is 1.60. The van der Waals surface area contributed by atoms with Gasteiger partial charge in [0.2, 0.25) is 0 Å². The van der Waals surface area contributed by atoms with E-state index in [-0.39, 0.29) is 6.03 Å². The molecule has 0 unspecified atom stereocenters. The monoisotopic (exact) mass is 277 g/mol. The van der Waals surface area contributed by atoms with E-state index in [1.807, 2.05) is 11.4 Å². The molecular formula is C14H19N3OS. The van der Waals surface area contributed by atoms with E-state index in [2.05, 4.69) is 22.5 Å². The summed E-state index contributed by atoms with van der Waals surface area (Å²) in [5.74, 6) is 5.85.